The summed E-state index contributed by atoms with van der Waals surface area (Å²) in [6.45, 7) is 0. The lowest BCUT2D eigenvalue weighted by Gasteiger charge is -2.04. The summed E-state index contributed by atoms with van der Waals surface area (Å²) in [4.78, 5) is 0.746. The van der Waals surface area contributed by atoms with Gasteiger partial charge in [-0.05, 0) is 24.4 Å². The molecule has 0 spiro atoms. The molecule has 1 aromatic carbocycles. The number of aromatic amines is 1. The minimum atomic E-state index is 0.672. The van der Waals surface area contributed by atoms with Crippen molar-refractivity contribution in [1.29, 1.82) is 0 Å². The zero-order valence-corrected chi connectivity index (χ0v) is 10.5. The lowest BCUT2D eigenvalue weighted by atomic mass is 10.2. The zero-order valence-electron chi connectivity index (χ0n) is 8.88. The van der Waals surface area contributed by atoms with Gasteiger partial charge in [0.15, 0.2) is 9.78 Å². The third-order valence-electron chi connectivity index (χ3n) is 2.37. The Hall–Kier alpha value is -1.73. The Morgan fingerprint density at radius 3 is 3.00 bits per heavy atom. The number of aromatic nitrogens is 4. The highest BCUT2D eigenvalue weighted by Crippen LogP contribution is 2.28. The van der Waals surface area contributed by atoms with Crippen molar-refractivity contribution in [3.8, 4) is 17.1 Å². The molecule has 2 aromatic heterocycles. The number of H-pyrrole nitrogens is 1. The number of rotatable bonds is 2. The normalized spacial score (nSPS) is 10.9. The predicted molar refractivity (Wildman–Crippen MR) is 68.0 cm³/mol. The number of nitrogens with zero attached hydrogens (tertiary/aromatic N) is 3. The number of para-hydroxylation sites is 1. The Kier molecular flexibility index (Phi) is 2.41. The molecule has 1 N–H and O–H groups in total. The van der Waals surface area contributed by atoms with Gasteiger partial charge in [-0.25, -0.2) is 4.52 Å². The van der Waals surface area contributed by atoms with E-state index in [2.05, 4.69) is 15.3 Å². The van der Waals surface area contributed by atoms with Crippen LogP contribution in [-0.2, 0) is 0 Å². The second kappa shape index (κ2) is 3.94. The molecule has 2 heterocycles. The molecule has 0 unspecified atom stereocenters. The number of methoxy groups -OCH3 is 1. The molecule has 0 aliphatic carbocycles. The standard InChI is InChI=1S/C10H8N4OS2/c1-15-7-5-3-2-4-6(7)8-11-12-9-14(8)13-10(16)17-9/h2-5H,1H3,(H,13,16). The first-order valence-electron chi connectivity index (χ1n) is 4.87. The van der Waals surface area contributed by atoms with Crippen LogP contribution < -0.4 is 4.74 Å². The minimum Gasteiger partial charge on any atom is -0.496 e. The molecule has 0 aliphatic rings. The van der Waals surface area contributed by atoms with Crippen LogP contribution in [0.2, 0.25) is 0 Å². The fourth-order valence-electron chi connectivity index (χ4n) is 1.64. The molecular formula is C10H8N4OS2. The molecule has 0 saturated carbocycles. The van der Waals surface area contributed by atoms with Crippen LogP contribution in [0.25, 0.3) is 16.3 Å². The van der Waals surface area contributed by atoms with E-state index >= 15 is 0 Å². The Labute approximate surface area is 106 Å². The van der Waals surface area contributed by atoms with Crippen molar-refractivity contribution >= 4 is 28.5 Å². The smallest absolute Gasteiger partial charge is 0.234 e. The van der Waals surface area contributed by atoms with Crippen molar-refractivity contribution in [1.82, 2.24) is 19.8 Å². The molecule has 5 nitrogen and oxygen atoms in total. The molecule has 0 atom stereocenters. The summed E-state index contributed by atoms with van der Waals surface area (Å²) in [5, 5.41) is 11.2. The van der Waals surface area contributed by atoms with Gasteiger partial charge in [0.25, 0.3) is 0 Å². The van der Waals surface area contributed by atoms with Crippen molar-refractivity contribution in [3.05, 3.63) is 28.2 Å². The van der Waals surface area contributed by atoms with Crippen LogP contribution in [0.1, 0.15) is 0 Å². The van der Waals surface area contributed by atoms with Gasteiger partial charge in [-0.15, -0.1) is 10.2 Å². The van der Waals surface area contributed by atoms with Crippen LogP contribution in [0.3, 0.4) is 0 Å². The van der Waals surface area contributed by atoms with Crippen LogP contribution in [0.4, 0.5) is 0 Å². The summed E-state index contributed by atoms with van der Waals surface area (Å²) in [6, 6.07) is 7.66. The third-order valence-corrected chi connectivity index (χ3v) is 3.43. The average Bonchev–Trinajstić information content (AvgIpc) is 2.87. The molecule has 3 rings (SSSR count). The molecular weight excluding hydrogens is 256 g/mol. The molecule has 0 aliphatic heterocycles. The van der Waals surface area contributed by atoms with E-state index in [1.807, 2.05) is 24.3 Å². The van der Waals surface area contributed by atoms with E-state index in [9.17, 15) is 0 Å². The number of nitrogens with one attached hydrogen (secondary N) is 1. The molecule has 0 amide bonds. The summed E-state index contributed by atoms with van der Waals surface area (Å²) in [6.07, 6.45) is 0. The van der Waals surface area contributed by atoms with Gasteiger partial charge in [0.2, 0.25) is 4.96 Å². The van der Waals surface area contributed by atoms with Crippen LogP contribution in [0.15, 0.2) is 24.3 Å². The van der Waals surface area contributed by atoms with E-state index < -0.39 is 0 Å². The zero-order chi connectivity index (χ0) is 11.8. The molecule has 0 bridgehead atoms. The summed E-state index contributed by atoms with van der Waals surface area (Å²) in [5.41, 5.74) is 0.881. The van der Waals surface area contributed by atoms with E-state index in [1.165, 1.54) is 11.3 Å². The van der Waals surface area contributed by atoms with Crippen molar-refractivity contribution in [2.45, 2.75) is 0 Å². The maximum absolute atomic E-state index is 5.31. The fourth-order valence-corrected chi connectivity index (χ4v) is 2.56. The van der Waals surface area contributed by atoms with Gasteiger partial charge in [-0.3, -0.25) is 5.10 Å². The van der Waals surface area contributed by atoms with E-state index in [-0.39, 0.29) is 0 Å². The van der Waals surface area contributed by atoms with Crippen molar-refractivity contribution in [3.63, 3.8) is 0 Å². The molecule has 17 heavy (non-hydrogen) atoms. The molecule has 3 aromatic rings. The Morgan fingerprint density at radius 1 is 1.35 bits per heavy atom. The van der Waals surface area contributed by atoms with Gasteiger partial charge >= 0.3 is 0 Å². The summed E-state index contributed by atoms with van der Waals surface area (Å²) in [7, 11) is 1.63. The summed E-state index contributed by atoms with van der Waals surface area (Å²) >= 11 is 6.47. The molecule has 86 valence electrons. The largest absolute Gasteiger partial charge is 0.496 e. The summed E-state index contributed by atoms with van der Waals surface area (Å²) < 4.78 is 7.75. The van der Waals surface area contributed by atoms with Crippen LogP contribution in [0.5, 0.6) is 5.75 Å². The van der Waals surface area contributed by atoms with Crippen LogP contribution >= 0.6 is 23.6 Å². The molecule has 0 saturated heterocycles. The van der Waals surface area contributed by atoms with Crippen molar-refractivity contribution in [2.24, 2.45) is 0 Å². The number of fused-ring (bicyclic) bond motifs is 1. The van der Waals surface area contributed by atoms with Crippen molar-refractivity contribution < 1.29 is 4.74 Å². The van der Waals surface area contributed by atoms with Crippen LogP contribution in [-0.4, -0.2) is 26.9 Å². The second-order valence-electron chi connectivity index (χ2n) is 3.34. The fraction of sp³-hybridized carbons (Fsp3) is 0.100. The maximum Gasteiger partial charge on any atom is 0.234 e. The van der Waals surface area contributed by atoms with E-state index in [4.69, 9.17) is 17.0 Å². The van der Waals surface area contributed by atoms with Crippen LogP contribution in [0, 0.1) is 3.95 Å². The Morgan fingerprint density at radius 2 is 2.18 bits per heavy atom. The van der Waals surface area contributed by atoms with Gasteiger partial charge < -0.3 is 4.74 Å². The second-order valence-corrected chi connectivity index (χ2v) is 4.99. The topological polar surface area (TPSA) is 55.2 Å². The van der Waals surface area contributed by atoms with E-state index in [0.29, 0.717) is 9.78 Å². The maximum atomic E-state index is 5.31. The average molecular weight is 264 g/mol. The lowest BCUT2D eigenvalue weighted by molar-refractivity contribution is 0.416. The SMILES string of the molecule is COc1ccccc1-c1nnc2sc(=S)[nH]n12. The first-order chi connectivity index (χ1) is 8.29. The van der Waals surface area contributed by atoms with Gasteiger partial charge in [0, 0.05) is 0 Å². The predicted octanol–water partition coefficient (Wildman–Crippen LogP) is 2.52. The Bertz CT molecular complexity index is 727. The molecule has 0 fully saturated rings. The highest BCUT2D eigenvalue weighted by Gasteiger charge is 2.13. The number of benzene rings is 1. The lowest BCUT2D eigenvalue weighted by Crippen LogP contribution is -1.93. The highest BCUT2D eigenvalue weighted by molar-refractivity contribution is 7.73. The van der Waals surface area contributed by atoms with E-state index in [0.717, 1.165) is 16.3 Å². The molecule has 0 radical (unpaired) electrons. The number of hydrogen-bond donors (Lipinski definition) is 1. The van der Waals surface area contributed by atoms with Gasteiger partial charge in [-0.1, -0.05) is 23.5 Å². The van der Waals surface area contributed by atoms with Crippen molar-refractivity contribution in [2.75, 3.05) is 7.11 Å². The number of hydrogen-bond acceptors (Lipinski definition) is 5. The van der Waals surface area contributed by atoms with Gasteiger partial charge in [0.05, 0.1) is 12.7 Å². The summed E-state index contributed by atoms with van der Waals surface area (Å²) in [5.74, 6) is 1.46. The minimum absolute atomic E-state index is 0.672. The first kappa shape index (κ1) is 10.4. The van der Waals surface area contributed by atoms with Gasteiger partial charge in [0.1, 0.15) is 5.75 Å². The quantitative estimate of drug-likeness (QED) is 0.723. The highest BCUT2D eigenvalue weighted by atomic mass is 32.1. The van der Waals surface area contributed by atoms with E-state index in [1.54, 1.807) is 11.6 Å². The monoisotopic (exact) mass is 264 g/mol. The van der Waals surface area contributed by atoms with Gasteiger partial charge in [-0.2, -0.15) is 0 Å². The third kappa shape index (κ3) is 1.63. The molecule has 7 heteroatoms. The Balaban J connectivity index is 2.30. The number of ether oxygens (including phenoxy) is 1. The first-order valence-corrected chi connectivity index (χ1v) is 6.09.